The summed E-state index contributed by atoms with van der Waals surface area (Å²) in [6.07, 6.45) is 1.41. The van der Waals surface area contributed by atoms with Gasteiger partial charge in [0.2, 0.25) is 0 Å². The number of para-hydroxylation sites is 1. The van der Waals surface area contributed by atoms with Crippen LogP contribution in [0.25, 0.3) is 16.9 Å². The van der Waals surface area contributed by atoms with Crippen LogP contribution in [0.3, 0.4) is 0 Å². The first-order chi connectivity index (χ1) is 21.2. The Morgan fingerprint density at radius 1 is 1.14 bits per heavy atom. The standard InChI is InChI=1S/C33H31ClF2N4O4/c1-19-16-39(28-4-2-3-24-26(36)15-30(44-32(24)28)23-7-6-21(34)14-25(23)35)11-10-38(19)18-31-37-27-8-5-20(33(41)42)13-29(27)40(31)17-22-9-12-43-22/h2-8,13-15,19,22,30H,9-12,16-18H2,1H3,(H,41,42)/t19-,22-,30-/m0/s1. The third kappa shape index (κ3) is 5.31. The van der Waals surface area contributed by atoms with Gasteiger partial charge in [0.25, 0.3) is 0 Å². The maximum Gasteiger partial charge on any atom is 0.335 e. The van der Waals surface area contributed by atoms with Crippen LogP contribution in [-0.2, 0) is 17.8 Å². The number of piperazine rings is 1. The molecule has 1 aromatic heterocycles. The maximum atomic E-state index is 15.3. The van der Waals surface area contributed by atoms with E-state index in [1.54, 1.807) is 36.4 Å². The summed E-state index contributed by atoms with van der Waals surface area (Å²) in [7, 11) is 0. The van der Waals surface area contributed by atoms with Gasteiger partial charge in [-0.05, 0) is 61.9 Å². The van der Waals surface area contributed by atoms with Gasteiger partial charge >= 0.3 is 5.97 Å². The van der Waals surface area contributed by atoms with Crippen molar-refractivity contribution in [2.45, 2.75) is 44.7 Å². The van der Waals surface area contributed by atoms with Crippen molar-refractivity contribution in [3.05, 3.63) is 94.0 Å². The smallest absolute Gasteiger partial charge is 0.335 e. The summed E-state index contributed by atoms with van der Waals surface area (Å²) in [4.78, 5) is 21.1. The molecule has 0 aliphatic carbocycles. The number of benzene rings is 3. The number of aromatic carboxylic acids is 1. The number of hydrogen-bond donors (Lipinski definition) is 1. The summed E-state index contributed by atoms with van der Waals surface area (Å²) in [5.41, 5.74) is 3.08. The van der Waals surface area contributed by atoms with E-state index >= 15 is 4.39 Å². The molecule has 11 heteroatoms. The van der Waals surface area contributed by atoms with E-state index in [1.807, 2.05) is 6.07 Å². The molecule has 0 amide bonds. The summed E-state index contributed by atoms with van der Waals surface area (Å²) in [6.45, 7) is 6.09. The SMILES string of the molecule is C[C@H]1CN(c2cccc3c2O[C@H](c2ccc(Cl)cc2F)C=C3F)CCN1Cc1nc2ccc(C(=O)O)cc2n1C[C@@H]1CCO1. The topological polar surface area (TPSA) is 80.1 Å². The van der Waals surface area contributed by atoms with E-state index < -0.39 is 23.7 Å². The Balaban J connectivity index is 1.12. The van der Waals surface area contributed by atoms with Gasteiger partial charge in [0.05, 0.1) is 47.0 Å². The zero-order valence-corrected chi connectivity index (χ0v) is 24.8. The average Bonchev–Trinajstić information content (AvgIpc) is 3.31. The molecule has 3 aromatic carbocycles. The van der Waals surface area contributed by atoms with Crippen molar-refractivity contribution < 1.29 is 28.2 Å². The molecule has 4 heterocycles. The fraction of sp³-hybridized carbons (Fsp3) is 0.333. The van der Waals surface area contributed by atoms with E-state index in [0.29, 0.717) is 44.0 Å². The Bertz CT molecular complexity index is 1790. The summed E-state index contributed by atoms with van der Waals surface area (Å²) in [6, 6.07) is 14.8. The minimum absolute atomic E-state index is 0.0813. The monoisotopic (exact) mass is 620 g/mol. The number of carboxylic acid groups (broad SMARTS) is 1. The molecule has 228 valence electrons. The maximum absolute atomic E-state index is 15.3. The van der Waals surface area contributed by atoms with Crippen LogP contribution < -0.4 is 9.64 Å². The van der Waals surface area contributed by atoms with Gasteiger partial charge in [-0.15, -0.1) is 0 Å². The quantitative estimate of drug-likeness (QED) is 0.254. The molecule has 3 aliphatic rings. The largest absolute Gasteiger partial charge is 0.478 e. The van der Waals surface area contributed by atoms with E-state index in [-0.39, 0.29) is 28.3 Å². The molecule has 3 atom stereocenters. The Morgan fingerprint density at radius 3 is 2.70 bits per heavy atom. The van der Waals surface area contributed by atoms with Crippen molar-refractivity contribution in [2.24, 2.45) is 0 Å². The molecule has 0 saturated carbocycles. The summed E-state index contributed by atoms with van der Waals surface area (Å²) < 4.78 is 44.1. The molecule has 7 rings (SSSR count). The van der Waals surface area contributed by atoms with E-state index in [1.165, 1.54) is 18.2 Å². The number of nitrogens with zero attached hydrogens (tertiary/aromatic N) is 4. The number of anilines is 1. The van der Waals surface area contributed by atoms with Crippen LogP contribution in [-0.4, -0.2) is 63.9 Å². The van der Waals surface area contributed by atoms with Crippen LogP contribution in [0.15, 0.2) is 60.7 Å². The minimum Gasteiger partial charge on any atom is -0.478 e. The lowest BCUT2D eigenvalue weighted by molar-refractivity contribution is -0.0592. The molecule has 0 unspecified atom stereocenters. The van der Waals surface area contributed by atoms with Crippen LogP contribution in [0.1, 0.15) is 46.8 Å². The van der Waals surface area contributed by atoms with Crippen LogP contribution in [0.5, 0.6) is 5.75 Å². The van der Waals surface area contributed by atoms with Crippen molar-refractivity contribution in [1.82, 2.24) is 14.5 Å². The average molecular weight is 621 g/mol. The molecule has 1 N–H and O–H groups in total. The second-order valence-corrected chi connectivity index (χ2v) is 12.0. The molecule has 0 bridgehead atoms. The highest BCUT2D eigenvalue weighted by Gasteiger charge is 2.32. The predicted molar refractivity (Wildman–Crippen MR) is 163 cm³/mol. The lowest BCUT2D eigenvalue weighted by Crippen LogP contribution is -2.52. The molecule has 8 nitrogen and oxygen atoms in total. The first kappa shape index (κ1) is 28.8. The Labute approximate surface area is 258 Å². The lowest BCUT2D eigenvalue weighted by atomic mass is 10.0. The zero-order chi connectivity index (χ0) is 30.5. The van der Waals surface area contributed by atoms with Gasteiger partial charge in [0.15, 0.2) is 5.75 Å². The second kappa shape index (κ2) is 11.5. The highest BCUT2D eigenvalue weighted by molar-refractivity contribution is 6.30. The fourth-order valence-electron chi connectivity index (χ4n) is 6.25. The highest BCUT2D eigenvalue weighted by Crippen LogP contribution is 2.45. The normalized spacial score (nSPS) is 21.9. The number of rotatable bonds is 7. The molecule has 2 saturated heterocycles. The van der Waals surface area contributed by atoms with Gasteiger partial charge in [-0.3, -0.25) is 4.90 Å². The highest BCUT2D eigenvalue weighted by atomic mass is 35.5. The van der Waals surface area contributed by atoms with Crippen molar-refractivity contribution >= 4 is 40.1 Å². The number of ether oxygens (including phenoxy) is 2. The van der Waals surface area contributed by atoms with E-state index in [2.05, 4.69) is 21.3 Å². The lowest BCUT2D eigenvalue weighted by Gasteiger charge is -2.42. The number of carbonyl (C=O) groups is 1. The van der Waals surface area contributed by atoms with Gasteiger partial charge in [-0.25, -0.2) is 18.6 Å². The fourth-order valence-corrected chi connectivity index (χ4v) is 6.41. The Kier molecular flexibility index (Phi) is 7.52. The molecule has 4 aromatic rings. The molecule has 44 heavy (non-hydrogen) atoms. The predicted octanol–water partition coefficient (Wildman–Crippen LogP) is 6.47. The van der Waals surface area contributed by atoms with E-state index in [0.717, 1.165) is 35.6 Å². The van der Waals surface area contributed by atoms with Crippen LogP contribution in [0.2, 0.25) is 5.02 Å². The number of hydrogen-bond acceptors (Lipinski definition) is 6. The van der Waals surface area contributed by atoms with Gasteiger partial charge in [0, 0.05) is 42.9 Å². The van der Waals surface area contributed by atoms with E-state index in [4.69, 9.17) is 26.1 Å². The molecular formula is C33H31ClF2N4O4. The first-order valence-electron chi connectivity index (χ1n) is 14.7. The van der Waals surface area contributed by atoms with Crippen LogP contribution in [0, 0.1) is 5.82 Å². The summed E-state index contributed by atoms with van der Waals surface area (Å²) >= 11 is 5.93. The Hall–Kier alpha value is -3.99. The van der Waals surface area contributed by atoms with Crippen LogP contribution >= 0.6 is 11.6 Å². The molecule has 3 aliphatic heterocycles. The number of imidazole rings is 1. The molecule has 2 fully saturated rings. The van der Waals surface area contributed by atoms with Gasteiger partial charge in [0.1, 0.15) is 23.6 Å². The van der Waals surface area contributed by atoms with Gasteiger partial charge in [-0.2, -0.15) is 0 Å². The van der Waals surface area contributed by atoms with Crippen molar-refractivity contribution in [2.75, 3.05) is 31.1 Å². The second-order valence-electron chi connectivity index (χ2n) is 11.6. The van der Waals surface area contributed by atoms with Gasteiger partial charge in [-0.1, -0.05) is 23.7 Å². The summed E-state index contributed by atoms with van der Waals surface area (Å²) in [5.74, 6) is -0.732. The number of aromatic nitrogens is 2. The third-order valence-electron chi connectivity index (χ3n) is 8.77. The van der Waals surface area contributed by atoms with E-state index in [9.17, 15) is 14.3 Å². The Morgan fingerprint density at radius 2 is 1.98 bits per heavy atom. The minimum atomic E-state index is -0.974. The third-order valence-corrected chi connectivity index (χ3v) is 9.00. The summed E-state index contributed by atoms with van der Waals surface area (Å²) in [5, 5.41) is 9.82. The molecular weight excluding hydrogens is 590 g/mol. The van der Waals surface area contributed by atoms with Crippen molar-refractivity contribution in [3.63, 3.8) is 0 Å². The molecule has 0 radical (unpaired) electrons. The van der Waals surface area contributed by atoms with Crippen molar-refractivity contribution in [1.29, 1.82) is 0 Å². The zero-order valence-electron chi connectivity index (χ0n) is 24.1. The van der Waals surface area contributed by atoms with Gasteiger partial charge < -0.3 is 24.0 Å². The number of fused-ring (bicyclic) bond motifs is 2. The molecule has 0 spiro atoms. The number of halogens is 3. The number of carboxylic acids is 1. The van der Waals surface area contributed by atoms with Crippen LogP contribution in [0.4, 0.5) is 14.5 Å². The first-order valence-corrected chi connectivity index (χ1v) is 15.1. The van der Waals surface area contributed by atoms with Crippen molar-refractivity contribution in [3.8, 4) is 5.75 Å².